The Bertz CT molecular complexity index is 519. The summed E-state index contributed by atoms with van der Waals surface area (Å²) in [5.41, 5.74) is 2.22. The van der Waals surface area contributed by atoms with Crippen LogP contribution in [0.5, 0.6) is 0 Å². The molecule has 0 N–H and O–H groups in total. The highest BCUT2D eigenvalue weighted by atomic mass is 79.9. The fourth-order valence-electron chi connectivity index (χ4n) is 1.99. The van der Waals surface area contributed by atoms with Gasteiger partial charge < -0.3 is 9.47 Å². The van der Waals surface area contributed by atoms with Gasteiger partial charge in [-0.2, -0.15) is 0 Å². The quantitative estimate of drug-likeness (QED) is 0.513. The second-order valence-corrected chi connectivity index (χ2v) is 5.80. The maximum absolute atomic E-state index is 5.67. The molecule has 114 valence electrons. The van der Waals surface area contributed by atoms with Crippen LogP contribution in [-0.2, 0) is 22.6 Å². The highest BCUT2D eigenvalue weighted by Gasteiger charge is 2.13. The number of aromatic nitrogens is 3. The summed E-state index contributed by atoms with van der Waals surface area (Å²) in [7, 11) is 1.68. The predicted molar refractivity (Wildman–Crippen MR) is 84.3 cm³/mol. The molecule has 2 rings (SSSR count). The van der Waals surface area contributed by atoms with Gasteiger partial charge in [0.05, 0.1) is 29.9 Å². The van der Waals surface area contributed by atoms with Crippen LogP contribution in [0.15, 0.2) is 36.5 Å². The molecule has 0 aliphatic rings. The zero-order chi connectivity index (χ0) is 14.9. The Morgan fingerprint density at radius 1 is 1.29 bits per heavy atom. The van der Waals surface area contributed by atoms with Gasteiger partial charge in [0.15, 0.2) is 0 Å². The zero-order valence-corrected chi connectivity index (χ0v) is 13.7. The van der Waals surface area contributed by atoms with Gasteiger partial charge in [-0.3, -0.25) is 0 Å². The number of aryl methyl sites for hydroxylation is 1. The molecular formula is C15H20BrN3O2. The minimum atomic E-state index is 0.114. The Morgan fingerprint density at radius 3 is 2.86 bits per heavy atom. The van der Waals surface area contributed by atoms with Crippen LogP contribution in [0.2, 0.25) is 0 Å². The average molecular weight is 354 g/mol. The van der Waals surface area contributed by atoms with Gasteiger partial charge >= 0.3 is 0 Å². The summed E-state index contributed by atoms with van der Waals surface area (Å²) in [6.45, 7) is 2.73. The van der Waals surface area contributed by atoms with E-state index in [1.807, 2.05) is 22.9 Å². The lowest BCUT2D eigenvalue weighted by molar-refractivity contribution is 0.114. The number of rotatable bonds is 9. The van der Waals surface area contributed by atoms with Crippen LogP contribution in [0.3, 0.4) is 0 Å². The van der Waals surface area contributed by atoms with Crippen molar-refractivity contribution in [3.05, 3.63) is 47.8 Å². The number of methoxy groups -OCH3 is 1. The van der Waals surface area contributed by atoms with Gasteiger partial charge in [0.1, 0.15) is 0 Å². The second kappa shape index (κ2) is 8.92. The number of alkyl halides is 1. The molecule has 0 bridgehead atoms. The second-order valence-electron chi connectivity index (χ2n) is 4.70. The highest BCUT2D eigenvalue weighted by molar-refractivity contribution is 9.09. The van der Waals surface area contributed by atoms with Crippen molar-refractivity contribution in [2.45, 2.75) is 24.4 Å². The molecule has 6 heteroatoms. The Balaban J connectivity index is 1.70. The standard InChI is InChI=1S/C15H20BrN3O2/c1-20-12-14(16)15-10-17-18-19(15)8-5-9-21-11-13-6-3-2-4-7-13/h2-4,6-7,10,14H,5,8-9,11-12H2,1H3. The van der Waals surface area contributed by atoms with Crippen molar-refractivity contribution < 1.29 is 9.47 Å². The first-order valence-corrected chi connectivity index (χ1v) is 7.86. The van der Waals surface area contributed by atoms with Gasteiger partial charge in [-0.25, -0.2) is 4.68 Å². The van der Waals surface area contributed by atoms with Crippen LogP contribution in [0.1, 0.15) is 22.5 Å². The Kier molecular flexibility index (Phi) is 6.85. The molecule has 1 unspecified atom stereocenters. The van der Waals surface area contributed by atoms with E-state index in [1.165, 1.54) is 5.56 Å². The van der Waals surface area contributed by atoms with Gasteiger partial charge in [-0.1, -0.05) is 51.5 Å². The molecule has 1 atom stereocenters. The molecule has 0 aliphatic heterocycles. The largest absolute Gasteiger partial charge is 0.383 e. The van der Waals surface area contributed by atoms with Gasteiger partial charge in [0, 0.05) is 20.3 Å². The third kappa shape index (κ3) is 5.22. The van der Waals surface area contributed by atoms with E-state index in [2.05, 4.69) is 38.4 Å². The van der Waals surface area contributed by atoms with E-state index in [9.17, 15) is 0 Å². The number of halogens is 1. The van der Waals surface area contributed by atoms with E-state index < -0.39 is 0 Å². The van der Waals surface area contributed by atoms with E-state index in [-0.39, 0.29) is 4.83 Å². The summed E-state index contributed by atoms with van der Waals surface area (Å²) < 4.78 is 12.7. The third-order valence-corrected chi connectivity index (χ3v) is 3.79. The number of ether oxygens (including phenoxy) is 2. The van der Waals surface area contributed by atoms with Crippen molar-refractivity contribution in [2.24, 2.45) is 0 Å². The average Bonchev–Trinajstić information content (AvgIpc) is 2.97. The summed E-state index contributed by atoms with van der Waals surface area (Å²) in [6, 6.07) is 10.2. The summed E-state index contributed by atoms with van der Waals surface area (Å²) >= 11 is 3.57. The molecule has 2 aromatic rings. The van der Waals surface area contributed by atoms with Crippen LogP contribution >= 0.6 is 15.9 Å². The van der Waals surface area contributed by atoms with E-state index in [1.54, 1.807) is 13.3 Å². The van der Waals surface area contributed by atoms with Crippen molar-refractivity contribution in [1.82, 2.24) is 15.0 Å². The summed E-state index contributed by atoms with van der Waals surface area (Å²) in [5.74, 6) is 0. The highest BCUT2D eigenvalue weighted by Crippen LogP contribution is 2.21. The molecule has 0 radical (unpaired) electrons. The van der Waals surface area contributed by atoms with E-state index in [0.29, 0.717) is 19.8 Å². The lowest BCUT2D eigenvalue weighted by Gasteiger charge is -2.11. The molecule has 1 aromatic heterocycles. The van der Waals surface area contributed by atoms with Gasteiger partial charge in [-0.15, -0.1) is 5.10 Å². The van der Waals surface area contributed by atoms with Crippen molar-refractivity contribution in [1.29, 1.82) is 0 Å². The lowest BCUT2D eigenvalue weighted by Crippen LogP contribution is -2.11. The molecule has 0 amide bonds. The predicted octanol–water partition coefficient (Wildman–Crippen LogP) is 2.97. The number of nitrogens with zero attached hydrogens (tertiary/aromatic N) is 3. The maximum Gasteiger partial charge on any atom is 0.0814 e. The molecule has 1 heterocycles. The SMILES string of the molecule is COCC(Br)c1cnnn1CCCOCc1ccccc1. The fraction of sp³-hybridized carbons (Fsp3) is 0.467. The topological polar surface area (TPSA) is 49.2 Å². The Hall–Kier alpha value is -1.24. The van der Waals surface area contributed by atoms with E-state index in [4.69, 9.17) is 9.47 Å². The van der Waals surface area contributed by atoms with Crippen molar-refractivity contribution in [2.75, 3.05) is 20.3 Å². The maximum atomic E-state index is 5.67. The summed E-state index contributed by atoms with van der Waals surface area (Å²) in [6.07, 6.45) is 2.67. The lowest BCUT2D eigenvalue weighted by atomic mass is 10.2. The Labute approximate surface area is 133 Å². The number of benzene rings is 1. The van der Waals surface area contributed by atoms with Crippen molar-refractivity contribution in [3.8, 4) is 0 Å². The molecule has 21 heavy (non-hydrogen) atoms. The molecule has 0 spiro atoms. The molecule has 0 aliphatic carbocycles. The van der Waals surface area contributed by atoms with Gasteiger partial charge in [-0.05, 0) is 12.0 Å². The van der Waals surface area contributed by atoms with Crippen LogP contribution in [0, 0.1) is 0 Å². The molecule has 0 saturated heterocycles. The van der Waals surface area contributed by atoms with E-state index in [0.717, 1.165) is 18.7 Å². The Morgan fingerprint density at radius 2 is 2.10 bits per heavy atom. The van der Waals surface area contributed by atoms with Gasteiger partial charge in [0.2, 0.25) is 0 Å². The molecule has 0 saturated carbocycles. The third-order valence-electron chi connectivity index (χ3n) is 3.05. The normalized spacial score (nSPS) is 12.5. The first kappa shape index (κ1) is 16.1. The van der Waals surface area contributed by atoms with Gasteiger partial charge in [0.25, 0.3) is 0 Å². The van der Waals surface area contributed by atoms with Crippen LogP contribution in [0.4, 0.5) is 0 Å². The first-order valence-electron chi connectivity index (χ1n) is 6.94. The summed E-state index contributed by atoms with van der Waals surface area (Å²) in [4.78, 5) is 0.114. The van der Waals surface area contributed by atoms with Crippen molar-refractivity contribution >= 4 is 15.9 Å². The minimum Gasteiger partial charge on any atom is -0.383 e. The fourth-order valence-corrected chi connectivity index (χ4v) is 2.61. The molecule has 5 nitrogen and oxygen atoms in total. The van der Waals surface area contributed by atoms with Crippen LogP contribution < -0.4 is 0 Å². The smallest absolute Gasteiger partial charge is 0.0814 e. The molecule has 0 fully saturated rings. The number of hydrogen-bond donors (Lipinski definition) is 0. The van der Waals surface area contributed by atoms with E-state index >= 15 is 0 Å². The van der Waals surface area contributed by atoms with Crippen molar-refractivity contribution in [3.63, 3.8) is 0 Å². The zero-order valence-electron chi connectivity index (χ0n) is 12.1. The monoisotopic (exact) mass is 353 g/mol. The first-order chi connectivity index (χ1) is 10.3. The molecular weight excluding hydrogens is 334 g/mol. The minimum absolute atomic E-state index is 0.114. The summed E-state index contributed by atoms with van der Waals surface area (Å²) in [5, 5.41) is 8.06. The number of hydrogen-bond acceptors (Lipinski definition) is 4. The van der Waals surface area contributed by atoms with Crippen LogP contribution in [0.25, 0.3) is 0 Å². The molecule has 1 aromatic carbocycles. The van der Waals surface area contributed by atoms with Crippen LogP contribution in [-0.4, -0.2) is 35.3 Å².